The molecule has 0 radical (unpaired) electrons. The zero-order valence-electron chi connectivity index (χ0n) is 8.22. The van der Waals surface area contributed by atoms with Crippen LogP contribution in [0.15, 0.2) is 22.7 Å². The number of rotatable bonds is 2. The lowest BCUT2D eigenvalue weighted by molar-refractivity contribution is 0.282. The van der Waals surface area contributed by atoms with Gasteiger partial charge in [0.1, 0.15) is 12.0 Å². The zero-order valence-corrected chi connectivity index (χ0v) is 9.80. The van der Waals surface area contributed by atoms with E-state index in [0.717, 1.165) is 12.1 Å². The maximum atomic E-state index is 13.2. The lowest BCUT2D eigenvalue weighted by Crippen LogP contribution is -2.20. The van der Waals surface area contributed by atoms with Gasteiger partial charge in [-0.15, -0.1) is 0 Å². The molecule has 82 valence electrons. The van der Waals surface area contributed by atoms with Gasteiger partial charge in [-0.3, -0.25) is 4.90 Å². The van der Waals surface area contributed by atoms with Gasteiger partial charge in [0.2, 0.25) is 0 Å². The predicted octanol–water partition coefficient (Wildman–Crippen LogP) is 3.13. The topological polar surface area (TPSA) is 3.24 Å². The molecular weight excluding hydrogens is 264 g/mol. The molecular formula is C11H12BrF2N. The Balaban J connectivity index is 2.07. The van der Waals surface area contributed by atoms with Crippen molar-refractivity contribution in [3.63, 3.8) is 0 Å². The number of benzene rings is 1. The average Bonchev–Trinajstić information content (AvgIpc) is 2.59. The molecule has 1 aromatic carbocycles. The fourth-order valence-electron chi connectivity index (χ4n) is 1.84. The highest BCUT2D eigenvalue weighted by molar-refractivity contribution is 9.10. The summed E-state index contributed by atoms with van der Waals surface area (Å²) in [4.78, 5) is 2.00. The van der Waals surface area contributed by atoms with E-state index in [9.17, 15) is 8.78 Å². The molecule has 0 bridgehead atoms. The first kappa shape index (κ1) is 11.0. The van der Waals surface area contributed by atoms with Crippen molar-refractivity contribution in [2.24, 2.45) is 0 Å². The second-order valence-electron chi connectivity index (χ2n) is 3.83. The molecule has 1 nitrogen and oxygen atoms in total. The van der Waals surface area contributed by atoms with Gasteiger partial charge in [0.15, 0.2) is 0 Å². The van der Waals surface area contributed by atoms with Gasteiger partial charge in [-0.25, -0.2) is 8.78 Å². The molecule has 4 heteroatoms. The number of likely N-dealkylation sites (tertiary alicyclic amines) is 1. The highest BCUT2D eigenvalue weighted by Gasteiger charge is 2.22. The first-order chi connectivity index (χ1) is 7.16. The molecule has 1 aromatic rings. The first-order valence-electron chi connectivity index (χ1n) is 4.96. The quantitative estimate of drug-likeness (QED) is 0.802. The molecule has 2 rings (SSSR count). The summed E-state index contributed by atoms with van der Waals surface area (Å²) in [6, 6.07) is 4.95. The van der Waals surface area contributed by atoms with Crippen LogP contribution in [0.25, 0.3) is 0 Å². The molecule has 1 fully saturated rings. The molecule has 1 heterocycles. The summed E-state index contributed by atoms with van der Waals surface area (Å²) in [6.07, 6.45) is -0.134. The molecule has 0 spiro atoms. The Bertz CT molecular complexity index is 356. The van der Waals surface area contributed by atoms with Gasteiger partial charge in [0, 0.05) is 19.6 Å². The Kier molecular flexibility index (Phi) is 3.36. The van der Waals surface area contributed by atoms with E-state index in [2.05, 4.69) is 15.9 Å². The smallest absolute Gasteiger partial charge is 0.137 e. The summed E-state index contributed by atoms with van der Waals surface area (Å²) < 4.78 is 26.6. The van der Waals surface area contributed by atoms with Gasteiger partial charge in [0.25, 0.3) is 0 Å². The predicted molar refractivity (Wildman–Crippen MR) is 58.9 cm³/mol. The largest absolute Gasteiger partial charge is 0.296 e. The molecule has 0 aliphatic carbocycles. The van der Waals surface area contributed by atoms with Crippen LogP contribution in [-0.4, -0.2) is 24.2 Å². The van der Waals surface area contributed by atoms with Crippen LogP contribution in [0, 0.1) is 5.82 Å². The second-order valence-corrected chi connectivity index (χ2v) is 4.63. The number of halogens is 3. The van der Waals surface area contributed by atoms with Gasteiger partial charge < -0.3 is 0 Å². The second kappa shape index (κ2) is 4.58. The van der Waals surface area contributed by atoms with Crippen molar-refractivity contribution in [1.29, 1.82) is 0 Å². The van der Waals surface area contributed by atoms with Crippen molar-refractivity contribution in [1.82, 2.24) is 4.90 Å². The summed E-state index contributed by atoms with van der Waals surface area (Å²) >= 11 is 3.21. The van der Waals surface area contributed by atoms with E-state index < -0.39 is 6.17 Å². The van der Waals surface area contributed by atoms with Crippen molar-refractivity contribution < 1.29 is 8.78 Å². The lowest BCUT2D eigenvalue weighted by Gasteiger charge is -2.15. The average molecular weight is 276 g/mol. The van der Waals surface area contributed by atoms with E-state index in [1.165, 1.54) is 6.07 Å². The van der Waals surface area contributed by atoms with Crippen molar-refractivity contribution in [3.8, 4) is 0 Å². The van der Waals surface area contributed by atoms with E-state index in [0.29, 0.717) is 24.0 Å². The van der Waals surface area contributed by atoms with Gasteiger partial charge in [0.05, 0.1) is 4.47 Å². The zero-order chi connectivity index (χ0) is 10.8. The maximum Gasteiger partial charge on any atom is 0.137 e. The Morgan fingerprint density at radius 1 is 1.47 bits per heavy atom. The Morgan fingerprint density at radius 3 is 2.93 bits per heavy atom. The fraction of sp³-hybridized carbons (Fsp3) is 0.455. The minimum Gasteiger partial charge on any atom is -0.296 e. The summed E-state index contributed by atoms with van der Waals surface area (Å²) in [7, 11) is 0. The molecule has 0 unspecified atom stereocenters. The van der Waals surface area contributed by atoms with Gasteiger partial charge in [-0.05, 0) is 34.0 Å². The minimum atomic E-state index is -0.725. The molecule has 0 aromatic heterocycles. The summed E-state index contributed by atoms with van der Waals surface area (Å²) in [5, 5.41) is 0. The van der Waals surface area contributed by atoms with Crippen LogP contribution in [0.1, 0.15) is 12.0 Å². The SMILES string of the molecule is Fc1cccc(CN2CC[C@H](F)C2)c1Br. The van der Waals surface area contributed by atoms with Crippen LogP contribution in [-0.2, 0) is 6.54 Å². The summed E-state index contributed by atoms with van der Waals surface area (Å²) in [5.74, 6) is -0.261. The van der Waals surface area contributed by atoms with Crippen LogP contribution in [0.2, 0.25) is 0 Å². The van der Waals surface area contributed by atoms with E-state index in [-0.39, 0.29) is 5.82 Å². The molecule has 1 atom stereocenters. The first-order valence-corrected chi connectivity index (χ1v) is 5.75. The Morgan fingerprint density at radius 2 is 2.27 bits per heavy atom. The van der Waals surface area contributed by atoms with Crippen molar-refractivity contribution >= 4 is 15.9 Å². The van der Waals surface area contributed by atoms with E-state index in [4.69, 9.17) is 0 Å². The monoisotopic (exact) mass is 275 g/mol. The van der Waals surface area contributed by atoms with Crippen LogP contribution in [0.3, 0.4) is 0 Å². The van der Waals surface area contributed by atoms with Gasteiger partial charge >= 0.3 is 0 Å². The third kappa shape index (κ3) is 2.55. The number of hydrogen-bond acceptors (Lipinski definition) is 1. The van der Waals surface area contributed by atoms with Crippen LogP contribution >= 0.6 is 15.9 Å². The van der Waals surface area contributed by atoms with Crippen LogP contribution in [0.4, 0.5) is 8.78 Å². The normalized spacial score (nSPS) is 22.2. The molecule has 0 N–H and O–H groups in total. The fourth-order valence-corrected chi connectivity index (χ4v) is 2.23. The molecule has 15 heavy (non-hydrogen) atoms. The highest BCUT2D eigenvalue weighted by Crippen LogP contribution is 2.23. The summed E-state index contributed by atoms with van der Waals surface area (Å²) in [5.41, 5.74) is 0.879. The minimum absolute atomic E-state index is 0.261. The van der Waals surface area contributed by atoms with Crippen LogP contribution in [0.5, 0.6) is 0 Å². The van der Waals surface area contributed by atoms with Crippen molar-refractivity contribution in [2.75, 3.05) is 13.1 Å². The maximum absolute atomic E-state index is 13.2. The molecule has 1 aliphatic heterocycles. The van der Waals surface area contributed by atoms with E-state index >= 15 is 0 Å². The number of alkyl halides is 1. The van der Waals surface area contributed by atoms with E-state index in [1.54, 1.807) is 6.07 Å². The number of hydrogen-bond donors (Lipinski definition) is 0. The van der Waals surface area contributed by atoms with E-state index in [1.807, 2.05) is 11.0 Å². The Labute approximate surface area is 96.2 Å². The van der Waals surface area contributed by atoms with Crippen LogP contribution < -0.4 is 0 Å². The van der Waals surface area contributed by atoms with Crippen molar-refractivity contribution in [2.45, 2.75) is 19.1 Å². The molecule has 0 amide bonds. The molecule has 0 saturated carbocycles. The third-order valence-corrected chi connectivity index (χ3v) is 3.53. The van der Waals surface area contributed by atoms with Gasteiger partial charge in [-0.1, -0.05) is 12.1 Å². The summed E-state index contributed by atoms with van der Waals surface area (Å²) in [6.45, 7) is 1.83. The molecule has 1 aliphatic rings. The third-order valence-electron chi connectivity index (χ3n) is 2.64. The number of nitrogens with zero attached hydrogens (tertiary/aromatic N) is 1. The highest BCUT2D eigenvalue weighted by atomic mass is 79.9. The van der Waals surface area contributed by atoms with Crippen molar-refractivity contribution in [3.05, 3.63) is 34.1 Å². The van der Waals surface area contributed by atoms with Gasteiger partial charge in [-0.2, -0.15) is 0 Å². The Hall–Kier alpha value is -0.480. The standard InChI is InChI=1S/C11H12BrF2N/c12-11-8(2-1-3-10(11)14)6-15-5-4-9(13)7-15/h1-3,9H,4-7H2/t9-/m0/s1. The lowest BCUT2D eigenvalue weighted by atomic mass is 10.2. The molecule has 1 saturated heterocycles.